The zero-order chi connectivity index (χ0) is 19.9. The zero-order valence-corrected chi connectivity index (χ0v) is 17.9. The molecule has 0 unspecified atom stereocenters. The summed E-state index contributed by atoms with van der Waals surface area (Å²) in [6, 6.07) is 8.97. The van der Waals surface area contributed by atoms with Crippen LogP contribution in [0.15, 0.2) is 35.9 Å². The second-order valence-corrected chi connectivity index (χ2v) is 9.24. The van der Waals surface area contributed by atoms with Gasteiger partial charge in [-0.3, -0.25) is 0 Å². The average Bonchev–Trinajstić information content (AvgIpc) is 2.74. The smallest absolute Gasteiger partial charge is 0.135 e. The van der Waals surface area contributed by atoms with Gasteiger partial charge in [-0.2, -0.15) is 0 Å². The highest BCUT2D eigenvalue weighted by molar-refractivity contribution is 5.26. The Bertz CT molecular complexity index is 614. The largest absolute Gasteiger partial charge is 0.209 e. The summed E-state index contributed by atoms with van der Waals surface area (Å²) in [6.45, 7) is 4.41. The Morgan fingerprint density at radius 1 is 0.750 bits per heavy atom. The van der Waals surface area contributed by atoms with E-state index >= 15 is 0 Å². The summed E-state index contributed by atoms with van der Waals surface area (Å²) >= 11 is 0. The second kappa shape index (κ2) is 10.6. The minimum absolute atomic E-state index is 0.156. The Balaban J connectivity index is 1.52. The molecule has 2 fully saturated rings. The van der Waals surface area contributed by atoms with Crippen LogP contribution < -0.4 is 0 Å². The van der Waals surface area contributed by atoms with Crippen molar-refractivity contribution in [1.82, 2.24) is 0 Å². The maximum Gasteiger partial charge on any atom is 0.135 e. The second-order valence-electron chi connectivity index (χ2n) is 9.24. The Morgan fingerprint density at radius 2 is 1.29 bits per heavy atom. The van der Waals surface area contributed by atoms with Crippen LogP contribution in [0.5, 0.6) is 0 Å². The third-order valence-electron chi connectivity index (χ3n) is 7.21. The Hall–Kier alpha value is -1.18. The Kier molecular flexibility index (Phi) is 8.11. The summed E-state index contributed by atoms with van der Waals surface area (Å²) in [5.41, 5.74) is 2.77. The SMILES string of the molecule is CCCc1ccc([C@H]2CC[C@H](C(F)=C(F)[C@H]3CC[C@H](CCC)CC3)CC2)cc1. The summed E-state index contributed by atoms with van der Waals surface area (Å²) in [4.78, 5) is 0. The average molecular weight is 389 g/mol. The van der Waals surface area contributed by atoms with Crippen LogP contribution in [0.3, 0.4) is 0 Å². The van der Waals surface area contributed by atoms with Crippen LogP contribution in [-0.4, -0.2) is 0 Å². The maximum absolute atomic E-state index is 14.9. The first-order valence-corrected chi connectivity index (χ1v) is 11.8. The lowest BCUT2D eigenvalue weighted by molar-refractivity contribution is 0.241. The number of allylic oxidation sites excluding steroid dienone is 2. The van der Waals surface area contributed by atoms with Gasteiger partial charge in [0, 0.05) is 11.8 Å². The van der Waals surface area contributed by atoms with Gasteiger partial charge in [0.2, 0.25) is 0 Å². The van der Waals surface area contributed by atoms with E-state index in [1.54, 1.807) is 0 Å². The van der Waals surface area contributed by atoms with E-state index in [1.165, 1.54) is 30.4 Å². The van der Waals surface area contributed by atoms with E-state index < -0.39 is 11.7 Å². The third kappa shape index (κ3) is 5.45. The van der Waals surface area contributed by atoms with Crippen molar-refractivity contribution in [3.63, 3.8) is 0 Å². The molecular formula is C26H38F2. The van der Waals surface area contributed by atoms with E-state index in [-0.39, 0.29) is 11.8 Å². The molecule has 3 rings (SSSR count). The number of hydrogen-bond donors (Lipinski definition) is 0. The van der Waals surface area contributed by atoms with Crippen LogP contribution in [0.4, 0.5) is 8.78 Å². The monoisotopic (exact) mass is 388 g/mol. The van der Waals surface area contributed by atoms with Gasteiger partial charge in [-0.05, 0) is 80.8 Å². The van der Waals surface area contributed by atoms with Gasteiger partial charge in [0.25, 0.3) is 0 Å². The number of aryl methyl sites for hydroxylation is 1. The van der Waals surface area contributed by atoms with Crippen LogP contribution in [-0.2, 0) is 6.42 Å². The first kappa shape index (κ1) is 21.5. The standard InChI is InChI=1S/C26H38F2/c1-3-5-19-7-11-21(12-8-19)22-15-17-24(18-16-22)26(28)25(27)23-13-9-20(6-4-2)10-14-23/h7-8,11-12,20,22-24H,3-6,9-10,13-18H2,1-2H3/t20-,22-,23-,24-. The lowest BCUT2D eigenvalue weighted by atomic mass is 9.76. The summed E-state index contributed by atoms with van der Waals surface area (Å²) in [5, 5.41) is 0. The van der Waals surface area contributed by atoms with E-state index in [0.717, 1.165) is 63.7 Å². The highest BCUT2D eigenvalue weighted by atomic mass is 19.2. The topological polar surface area (TPSA) is 0 Å². The van der Waals surface area contributed by atoms with Crippen LogP contribution >= 0.6 is 0 Å². The molecule has 1 aromatic rings. The van der Waals surface area contributed by atoms with Gasteiger partial charge in [0.05, 0.1) is 0 Å². The molecule has 0 saturated heterocycles. The molecule has 2 heteroatoms. The minimum Gasteiger partial charge on any atom is -0.209 e. The van der Waals surface area contributed by atoms with Gasteiger partial charge in [-0.15, -0.1) is 0 Å². The van der Waals surface area contributed by atoms with Gasteiger partial charge < -0.3 is 0 Å². The molecule has 2 saturated carbocycles. The molecule has 0 spiro atoms. The fourth-order valence-corrected chi connectivity index (χ4v) is 5.43. The molecule has 0 bridgehead atoms. The van der Waals surface area contributed by atoms with Gasteiger partial charge in [0.1, 0.15) is 11.7 Å². The number of benzene rings is 1. The summed E-state index contributed by atoms with van der Waals surface area (Å²) in [7, 11) is 0. The molecule has 0 aliphatic heterocycles. The quantitative estimate of drug-likeness (QED) is 0.438. The molecule has 1 aromatic carbocycles. The number of rotatable bonds is 7. The lowest BCUT2D eigenvalue weighted by Gasteiger charge is -2.31. The van der Waals surface area contributed by atoms with Crippen LogP contribution in [0.25, 0.3) is 0 Å². The van der Waals surface area contributed by atoms with Crippen molar-refractivity contribution < 1.29 is 8.78 Å². The molecule has 0 radical (unpaired) electrons. The fourth-order valence-electron chi connectivity index (χ4n) is 5.43. The normalized spacial score (nSPS) is 29.4. The van der Waals surface area contributed by atoms with Crippen LogP contribution in [0.2, 0.25) is 0 Å². The van der Waals surface area contributed by atoms with Crippen molar-refractivity contribution >= 4 is 0 Å². The summed E-state index contributed by atoms with van der Waals surface area (Å²) < 4.78 is 29.7. The molecule has 0 heterocycles. The molecular weight excluding hydrogens is 350 g/mol. The van der Waals surface area contributed by atoms with Gasteiger partial charge >= 0.3 is 0 Å². The van der Waals surface area contributed by atoms with Crippen molar-refractivity contribution in [3.05, 3.63) is 47.0 Å². The highest BCUT2D eigenvalue weighted by Crippen LogP contribution is 2.43. The third-order valence-corrected chi connectivity index (χ3v) is 7.21. The predicted octanol–water partition coefficient (Wildman–Crippen LogP) is 8.67. The van der Waals surface area contributed by atoms with E-state index in [9.17, 15) is 8.78 Å². The molecule has 0 N–H and O–H groups in total. The molecule has 0 nitrogen and oxygen atoms in total. The number of hydrogen-bond acceptors (Lipinski definition) is 0. The van der Waals surface area contributed by atoms with E-state index in [4.69, 9.17) is 0 Å². The molecule has 0 atom stereocenters. The van der Waals surface area contributed by atoms with Crippen molar-refractivity contribution in [1.29, 1.82) is 0 Å². The van der Waals surface area contributed by atoms with E-state index in [0.29, 0.717) is 5.92 Å². The molecule has 156 valence electrons. The lowest BCUT2D eigenvalue weighted by Crippen LogP contribution is -2.19. The first-order valence-electron chi connectivity index (χ1n) is 11.8. The van der Waals surface area contributed by atoms with Crippen molar-refractivity contribution in [2.75, 3.05) is 0 Å². The van der Waals surface area contributed by atoms with E-state index in [1.807, 2.05) is 0 Å². The highest BCUT2D eigenvalue weighted by Gasteiger charge is 2.31. The number of halogens is 2. The zero-order valence-electron chi connectivity index (χ0n) is 17.9. The first-order chi connectivity index (χ1) is 13.6. The van der Waals surface area contributed by atoms with Gasteiger partial charge in [0.15, 0.2) is 0 Å². The summed E-state index contributed by atoms with van der Waals surface area (Å²) in [5.74, 6) is 0.0856. The van der Waals surface area contributed by atoms with Crippen LogP contribution in [0, 0.1) is 17.8 Å². The van der Waals surface area contributed by atoms with Crippen molar-refractivity contribution in [3.8, 4) is 0 Å². The Labute approximate surface area is 170 Å². The van der Waals surface area contributed by atoms with Gasteiger partial charge in [-0.25, -0.2) is 8.78 Å². The van der Waals surface area contributed by atoms with Crippen molar-refractivity contribution in [2.24, 2.45) is 17.8 Å². The van der Waals surface area contributed by atoms with Crippen LogP contribution in [0.1, 0.15) is 102 Å². The molecule has 0 amide bonds. The molecule has 2 aliphatic rings. The summed E-state index contributed by atoms with van der Waals surface area (Å²) in [6.07, 6.45) is 12.1. The molecule has 2 aliphatic carbocycles. The van der Waals surface area contributed by atoms with Gasteiger partial charge in [-0.1, -0.05) is 57.4 Å². The molecule has 28 heavy (non-hydrogen) atoms. The fraction of sp³-hybridized carbons (Fsp3) is 0.692. The molecule has 0 aromatic heterocycles. The maximum atomic E-state index is 14.9. The van der Waals surface area contributed by atoms with E-state index in [2.05, 4.69) is 38.1 Å². The van der Waals surface area contributed by atoms with Crippen molar-refractivity contribution in [2.45, 2.75) is 96.8 Å². The Morgan fingerprint density at radius 3 is 1.79 bits per heavy atom. The predicted molar refractivity (Wildman–Crippen MR) is 115 cm³/mol. The minimum atomic E-state index is -0.407.